The molecule has 2 N–H and O–H groups in total. The number of nitrogens with one attached hydrogen (secondary N) is 1. The van der Waals surface area contributed by atoms with Gasteiger partial charge in [-0.2, -0.15) is 4.39 Å². The second-order valence-corrected chi connectivity index (χ2v) is 9.65. The highest BCUT2D eigenvalue weighted by Crippen LogP contribution is 2.33. The molecule has 6 nitrogen and oxygen atoms in total. The third-order valence-electron chi connectivity index (χ3n) is 5.06. The van der Waals surface area contributed by atoms with Crippen LogP contribution in [0.5, 0.6) is 5.75 Å². The molecule has 162 valence electrons. The van der Waals surface area contributed by atoms with Gasteiger partial charge in [0.2, 0.25) is 5.82 Å². The third kappa shape index (κ3) is 4.58. The van der Waals surface area contributed by atoms with Crippen molar-refractivity contribution in [2.75, 3.05) is 12.4 Å². The van der Waals surface area contributed by atoms with Crippen LogP contribution in [0.2, 0.25) is 5.02 Å². The summed E-state index contributed by atoms with van der Waals surface area (Å²) in [6.45, 7) is 0. The van der Waals surface area contributed by atoms with E-state index >= 15 is 0 Å². The first-order valence-electron chi connectivity index (χ1n) is 9.19. The quantitative estimate of drug-likeness (QED) is 0.706. The van der Waals surface area contributed by atoms with E-state index < -0.39 is 38.7 Å². The van der Waals surface area contributed by atoms with Crippen LogP contribution in [0, 0.1) is 11.6 Å². The van der Waals surface area contributed by atoms with Crippen molar-refractivity contribution in [2.24, 2.45) is 0 Å². The van der Waals surface area contributed by atoms with Gasteiger partial charge in [-0.15, -0.1) is 0 Å². The van der Waals surface area contributed by atoms with Crippen LogP contribution in [0.25, 0.3) is 0 Å². The molecule has 10 heteroatoms. The van der Waals surface area contributed by atoms with Crippen molar-refractivity contribution in [3.63, 3.8) is 0 Å². The van der Waals surface area contributed by atoms with Crippen molar-refractivity contribution in [1.29, 1.82) is 0 Å². The van der Waals surface area contributed by atoms with E-state index in [2.05, 4.69) is 5.32 Å². The van der Waals surface area contributed by atoms with Gasteiger partial charge in [-0.1, -0.05) is 11.6 Å². The fraction of sp³-hybridized carbons (Fsp3) is 0.350. The topological polar surface area (TPSA) is 92.7 Å². The second-order valence-electron chi connectivity index (χ2n) is 7.05. The molecule has 2 aromatic rings. The van der Waals surface area contributed by atoms with E-state index in [-0.39, 0.29) is 26.9 Å². The molecule has 0 spiro atoms. The molecule has 0 saturated heterocycles. The molecule has 0 bridgehead atoms. The molecule has 0 radical (unpaired) electrons. The number of amides is 1. The summed E-state index contributed by atoms with van der Waals surface area (Å²) in [5, 5.41) is 11.3. The van der Waals surface area contributed by atoms with Crippen molar-refractivity contribution in [3.05, 3.63) is 52.6 Å². The summed E-state index contributed by atoms with van der Waals surface area (Å²) in [6.07, 6.45) is 0.826. The van der Waals surface area contributed by atoms with Crippen LogP contribution < -0.4 is 10.1 Å². The minimum Gasteiger partial charge on any atom is -0.493 e. The van der Waals surface area contributed by atoms with Gasteiger partial charge in [-0.05, 0) is 43.9 Å². The van der Waals surface area contributed by atoms with Crippen LogP contribution in [0.3, 0.4) is 0 Å². The largest absolute Gasteiger partial charge is 0.493 e. The number of aliphatic hydroxyl groups is 1. The third-order valence-corrected chi connectivity index (χ3v) is 7.80. The van der Waals surface area contributed by atoms with E-state index in [0.717, 1.165) is 25.3 Å². The van der Waals surface area contributed by atoms with Crippen LogP contribution in [0.4, 0.5) is 14.5 Å². The molecular formula is C20H20ClF2NO5S. The number of carbonyl (C=O) groups excluding carboxylic acids is 1. The Hall–Kier alpha value is -2.23. The minimum absolute atomic E-state index is 0.0162. The van der Waals surface area contributed by atoms with Gasteiger partial charge in [-0.3, -0.25) is 4.79 Å². The van der Waals surface area contributed by atoms with Gasteiger partial charge in [0.1, 0.15) is 0 Å². The Kier molecular flexibility index (Phi) is 6.64. The zero-order valence-corrected chi connectivity index (χ0v) is 17.6. The zero-order chi connectivity index (χ0) is 22.1. The summed E-state index contributed by atoms with van der Waals surface area (Å²) in [4.78, 5) is 12.4. The first-order valence-corrected chi connectivity index (χ1v) is 11.1. The molecule has 0 heterocycles. The lowest BCUT2D eigenvalue weighted by atomic mass is 9.97. The summed E-state index contributed by atoms with van der Waals surface area (Å²) < 4.78 is 58.0. The molecule has 1 aliphatic carbocycles. The second kappa shape index (κ2) is 8.87. The first-order chi connectivity index (χ1) is 14.1. The number of aliphatic hydroxyl groups excluding tert-OH is 1. The van der Waals surface area contributed by atoms with Gasteiger partial charge in [0.15, 0.2) is 21.4 Å². The number of methoxy groups -OCH3 is 1. The fourth-order valence-corrected chi connectivity index (χ4v) is 5.71. The molecule has 1 saturated carbocycles. The normalized spacial score (nSPS) is 19.4. The van der Waals surface area contributed by atoms with E-state index in [1.165, 1.54) is 12.1 Å². The number of anilines is 1. The number of hydrogen-bond donors (Lipinski definition) is 2. The molecule has 0 aliphatic heterocycles. The number of halogens is 3. The van der Waals surface area contributed by atoms with E-state index in [9.17, 15) is 27.1 Å². The number of sulfone groups is 1. The van der Waals surface area contributed by atoms with Gasteiger partial charge >= 0.3 is 0 Å². The highest BCUT2D eigenvalue weighted by atomic mass is 35.5. The van der Waals surface area contributed by atoms with Crippen LogP contribution in [0.1, 0.15) is 36.0 Å². The lowest BCUT2D eigenvalue weighted by molar-refractivity contribution is 0.102. The average Bonchev–Trinajstić information content (AvgIpc) is 2.71. The van der Waals surface area contributed by atoms with Crippen molar-refractivity contribution in [2.45, 2.75) is 41.9 Å². The minimum atomic E-state index is -3.82. The highest BCUT2D eigenvalue weighted by molar-refractivity contribution is 7.92. The monoisotopic (exact) mass is 459 g/mol. The summed E-state index contributed by atoms with van der Waals surface area (Å²) in [5.74, 6) is -3.50. The van der Waals surface area contributed by atoms with Crippen LogP contribution in [-0.2, 0) is 9.84 Å². The maximum Gasteiger partial charge on any atom is 0.255 e. The maximum absolute atomic E-state index is 13.7. The Labute approximate surface area is 177 Å². The van der Waals surface area contributed by atoms with Gasteiger partial charge in [0, 0.05) is 23.4 Å². The molecule has 0 atom stereocenters. The van der Waals surface area contributed by atoms with Gasteiger partial charge in [0.05, 0.1) is 28.4 Å². The average molecular weight is 460 g/mol. The number of carbonyl (C=O) groups is 1. The van der Waals surface area contributed by atoms with E-state index in [0.29, 0.717) is 25.7 Å². The molecule has 1 amide bonds. The molecule has 0 aromatic heterocycles. The fourth-order valence-electron chi connectivity index (χ4n) is 3.39. The predicted molar refractivity (Wildman–Crippen MR) is 108 cm³/mol. The Balaban J connectivity index is 1.88. The maximum atomic E-state index is 13.7. The first kappa shape index (κ1) is 22.5. The molecule has 3 rings (SSSR count). The number of rotatable bonds is 5. The van der Waals surface area contributed by atoms with E-state index in [1.807, 2.05) is 0 Å². The summed E-state index contributed by atoms with van der Waals surface area (Å²) >= 11 is 6.10. The molecule has 1 aliphatic rings. The molecule has 2 aromatic carbocycles. The zero-order valence-electron chi connectivity index (χ0n) is 16.0. The van der Waals surface area contributed by atoms with Crippen molar-refractivity contribution < 1.29 is 31.8 Å². The lowest BCUT2D eigenvalue weighted by Gasteiger charge is -2.25. The molecule has 30 heavy (non-hydrogen) atoms. The Morgan fingerprint density at radius 2 is 1.83 bits per heavy atom. The van der Waals surface area contributed by atoms with Gasteiger partial charge < -0.3 is 15.2 Å². The Morgan fingerprint density at radius 1 is 1.17 bits per heavy atom. The Bertz CT molecular complexity index is 1070. The summed E-state index contributed by atoms with van der Waals surface area (Å²) in [6, 6.07) is 5.69. The predicted octanol–water partition coefficient (Wildman–Crippen LogP) is 3.96. The SMILES string of the molecule is COc1cc(NC(=O)c2ccc(Cl)c(S(=O)(=O)[C@H]3CC[C@H](O)CC3)c2)cc(F)c1F. The van der Waals surface area contributed by atoms with Crippen molar-refractivity contribution in [1.82, 2.24) is 0 Å². The molecule has 1 fully saturated rings. The van der Waals surface area contributed by atoms with Crippen molar-refractivity contribution >= 4 is 33.0 Å². The molecular weight excluding hydrogens is 440 g/mol. The van der Waals surface area contributed by atoms with Gasteiger partial charge in [0.25, 0.3) is 5.91 Å². The standard InChI is InChI=1S/C20H20ClF2NO5S/c1-29-17-10-12(9-16(22)19(17)23)24-20(26)11-2-7-15(21)18(8-11)30(27,28)14-5-3-13(25)4-6-14/h2,7-10,13-14,25H,3-6H2,1H3,(H,24,26)/t13-,14-. The van der Waals surface area contributed by atoms with E-state index in [4.69, 9.17) is 16.3 Å². The summed E-state index contributed by atoms with van der Waals surface area (Å²) in [7, 11) is -2.66. The lowest BCUT2D eigenvalue weighted by Crippen LogP contribution is -2.29. The molecule has 0 unspecified atom stereocenters. The summed E-state index contributed by atoms with van der Waals surface area (Å²) in [5.41, 5.74) is -0.0751. The number of benzene rings is 2. The smallest absolute Gasteiger partial charge is 0.255 e. The number of ether oxygens (including phenoxy) is 1. The van der Waals surface area contributed by atoms with Crippen LogP contribution >= 0.6 is 11.6 Å². The highest BCUT2D eigenvalue weighted by Gasteiger charge is 2.33. The van der Waals surface area contributed by atoms with Crippen LogP contribution in [-0.4, -0.2) is 37.9 Å². The van der Waals surface area contributed by atoms with Crippen molar-refractivity contribution in [3.8, 4) is 5.75 Å². The Morgan fingerprint density at radius 3 is 2.47 bits per heavy atom. The number of hydrogen-bond acceptors (Lipinski definition) is 5. The van der Waals surface area contributed by atoms with Gasteiger partial charge in [-0.25, -0.2) is 12.8 Å². The van der Waals surface area contributed by atoms with Crippen LogP contribution in [0.15, 0.2) is 35.2 Å². The van der Waals surface area contributed by atoms with E-state index in [1.54, 1.807) is 0 Å².